The zero-order valence-corrected chi connectivity index (χ0v) is 10.1. The highest BCUT2D eigenvalue weighted by Crippen LogP contribution is 2.16. The molecule has 0 aliphatic carbocycles. The van der Waals surface area contributed by atoms with E-state index in [9.17, 15) is 13.2 Å². The number of aliphatic carboxylic acids is 1. The molecule has 0 saturated carbocycles. The van der Waals surface area contributed by atoms with Crippen LogP contribution in [0.1, 0.15) is 19.3 Å². The lowest BCUT2D eigenvalue weighted by atomic mass is 10.1. The lowest BCUT2D eigenvalue weighted by Gasteiger charge is -2.30. The molecule has 0 radical (unpaired) electrons. The number of piperidine rings is 1. The van der Waals surface area contributed by atoms with Gasteiger partial charge in [0, 0.05) is 20.2 Å². The van der Waals surface area contributed by atoms with Crippen LogP contribution in [0.3, 0.4) is 0 Å². The highest BCUT2D eigenvalue weighted by Gasteiger charge is 2.28. The molecule has 1 fully saturated rings. The summed E-state index contributed by atoms with van der Waals surface area (Å²) >= 11 is 0. The van der Waals surface area contributed by atoms with Crippen molar-refractivity contribution in [1.29, 1.82) is 0 Å². The van der Waals surface area contributed by atoms with E-state index in [2.05, 4.69) is 0 Å². The molecule has 1 atom stereocenters. The molecule has 7 heteroatoms. The average Bonchev–Trinajstić information content (AvgIpc) is 2.27. The molecule has 0 bridgehead atoms. The van der Waals surface area contributed by atoms with E-state index in [1.54, 1.807) is 7.11 Å². The maximum Gasteiger partial charge on any atom is 0.304 e. The van der Waals surface area contributed by atoms with Gasteiger partial charge in [-0.15, -0.1) is 0 Å². The molecule has 1 rings (SSSR count). The van der Waals surface area contributed by atoms with Gasteiger partial charge in [-0.1, -0.05) is 0 Å². The van der Waals surface area contributed by atoms with E-state index in [0.29, 0.717) is 13.1 Å². The quantitative estimate of drug-likeness (QED) is 0.737. The fourth-order valence-corrected chi connectivity index (χ4v) is 3.19. The Morgan fingerprint density at radius 1 is 1.56 bits per heavy atom. The smallest absolute Gasteiger partial charge is 0.304 e. The van der Waals surface area contributed by atoms with Gasteiger partial charge in [-0.3, -0.25) is 4.79 Å². The normalized spacial score (nSPS) is 23.2. The van der Waals surface area contributed by atoms with Crippen LogP contribution in [0.5, 0.6) is 0 Å². The molecule has 0 aromatic heterocycles. The van der Waals surface area contributed by atoms with Crippen molar-refractivity contribution in [2.45, 2.75) is 25.4 Å². The summed E-state index contributed by atoms with van der Waals surface area (Å²) in [6, 6.07) is 0. The summed E-state index contributed by atoms with van der Waals surface area (Å²) in [5, 5.41) is 8.47. The monoisotopic (exact) mass is 251 g/mol. The van der Waals surface area contributed by atoms with Crippen molar-refractivity contribution < 1.29 is 23.1 Å². The lowest BCUT2D eigenvalue weighted by Crippen LogP contribution is -2.44. The van der Waals surface area contributed by atoms with Crippen molar-refractivity contribution in [3.05, 3.63) is 0 Å². The van der Waals surface area contributed by atoms with Crippen LogP contribution in [0.4, 0.5) is 0 Å². The molecule has 1 N–H and O–H groups in total. The van der Waals surface area contributed by atoms with Crippen LogP contribution in [0.2, 0.25) is 0 Å². The van der Waals surface area contributed by atoms with E-state index in [1.165, 1.54) is 4.31 Å². The van der Waals surface area contributed by atoms with Gasteiger partial charge in [0.15, 0.2) is 0 Å². The van der Waals surface area contributed by atoms with Gasteiger partial charge in [0.1, 0.15) is 0 Å². The fourth-order valence-electron chi connectivity index (χ4n) is 1.70. The Kier molecular flexibility index (Phi) is 4.69. The number of ether oxygens (including phenoxy) is 1. The zero-order chi connectivity index (χ0) is 12.2. The van der Waals surface area contributed by atoms with Crippen molar-refractivity contribution in [2.24, 2.45) is 0 Å². The third-order valence-electron chi connectivity index (χ3n) is 2.64. The minimum Gasteiger partial charge on any atom is -0.481 e. The molecular formula is C9H17NO5S. The molecule has 1 saturated heterocycles. The fraction of sp³-hybridized carbons (Fsp3) is 0.889. The molecule has 16 heavy (non-hydrogen) atoms. The van der Waals surface area contributed by atoms with Crippen LogP contribution >= 0.6 is 0 Å². The van der Waals surface area contributed by atoms with Crippen molar-refractivity contribution in [3.8, 4) is 0 Å². The number of nitrogens with zero attached hydrogens (tertiary/aromatic N) is 1. The Balaban J connectivity index is 2.57. The molecule has 94 valence electrons. The van der Waals surface area contributed by atoms with Crippen LogP contribution in [-0.4, -0.2) is 55.9 Å². The molecule has 1 heterocycles. The van der Waals surface area contributed by atoms with E-state index >= 15 is 0 Å². The summed E-state index contributed by atoms with van der Waals surface area (Å²) in [5.74, 6) is -1.43. The predicted molar refractivity (Wildman–Crippen MR) is 57.6 cm³/mol. The number of sulfonamides is 1. The average molecular weight is 251 g/mol. The first-order chi connectivity index (χ1) is 7.45. The number of hydrogen-bond donors (Lipinski definition) is 1. The molecule has 0 amide bonds. The number of rotatable bonds is 5. The van der Waals surface area contributed by atoms with Gasteiger partial charge in [-0.2, -0.15) is 4.31 Å². The van der Waals surface area contributed by atoms with Gasteiger partial charge < -0.3 is 9.84 Å². The van der Waals surface area contributed by atoms with Gasteiger partial charge in [0.2, 0.25) is 10.0 Å². The summed E-state index contributed by atoms with van der Waals surface area (Å²) in [4.78, 5) is 10.3. The van der Waals surface area contributed by atoms with Crippen LogP contribution in [-0.2, 0) is 19.6 Å². The van der Waals surface area contributed by atoms with Crippen LogP contribution < -0.4 is 0 Å². The van der Waals surface area contributed by atoms with Crippen molar-refractivity contribution in [1.82, 2.24) is 4.31 Å². The molecule has 1 aliphatic heterocycles. The van der Waals surface area contributed by atoms with Crippen LogP contribution in [0.15, 0.2) is 0 Å². The summed E-state index contributed by atoms with van der Waals surface area (Å²) in [6.07, 6.45) is 1.18. The number of hydrogen-bond acceptors (Lipinski definition) is 4. The molecular weight excluding hydrogens is 234 g/mol. The standard InChI is InChI=1S/C9H17NO5S/c1-15-8-3-2-5-10(7-8)16(13,14)6-4-9(11)12/h8H,2-7H2,1H3,(H,11,12). The summed E-state index contributed by atoms with van der Waals surface area (Å²) in [6.45, 7) is 0.792. The Hall–Kier alpha value is -0.660. The predicted octanol–water partition coefficient (Wildman–Crippen LogP) is -0.0983. The summed E-state index contributed by atoms with van der Waals surface area (Å²) < 4.78 is 30.0. The number of methoxy groups -OCH3 is 1. The number of carbonyl (C=O) groups is 1. The first kappa shape index (κ1) is 13.4. The maximum atomic E-state index is 11.8. The van der Waals surface area contributed by atoms with E-state index in [0.717, 1.165) is 12.8 Å². The lowest BCUT2D eigenvalue weighted by molar-refractivity contribution is -0.136. The second kappa shape index (κ2) is 5.60. The second-order valence-electron chi connectivity index (χ2n) is 3.82. The van der Waals surface area contributed by atoms with E-state index < -0.39 is 16.0 Å². The SMILES string of the molecule is COC1CCCN(S(=O)(=O)CCC(=O)O)C1. The Morgan fingerprint density at radius 2 is 2.25 bits per heavy atom. The second-order valence-corrected chi connectivity index (χ2v) is 5.91. The minimum atomic E-state index is -3.45. The van der Waals surface area contributed by atoms with Gasteiger partial charge in [-0.05, 0) is 12.8 Å². The van der Waals surface area contributed by atoms with E-state index in [1.807, 2.05) is 0 Å². The van der Waals surface area contributed by atoms with Crippen molar-refractivity contribution >= 4 is 16.0 Å². The number of carboxylic acids is 1. The number of carboxylic acid groups (broad SMARTS) is 1. The van der Waals surface area contributed by atoms with Gasteiger partial charge >= 0.3 is 5.97 Å². The summed E-state index contributed by atoms with van der Waals surface area (Å²) in [7, 11) is -1.90. The minimum absolute atomic E-state index is 0.0756. The summed E-state index contributed by atoms with van der Waals surface area (Å²) in [5.41, 5.74) is 0. The molecule has 1 unspecified atom stereocenters. The van der Waals surface area contributed by atoms with Crippen LogP contribution in [0, 0.1) is 0 Å². The highest BCUT2D eigenvalue weighted by atomic mass is 32.2. The van der Waals surface area contributed by atoms with E-state index in [4.69, 9.17) is 9.84 Å². The van der Waals surface area contributed by atoms with Gasteiger partial charge in [0.25, 0.3) is 0 Å². The zero-order valence-electron chi connectivity index (χ0n) is 9.26. The molecule has 1 aliphatic rings. The van der Waals surface area contributed by atoms with Crippen LogP contribution in [0.25, 0.3) is 0 Å². The highest BCUT2D eigenvalue weighted by molar-refractivity contribution is 7.89. The Bertz CT molecular complexity index is 340. The first-order valence-electron chi connectivity index (χ1n) is 5.18. The Labute approximate surface area is 95.2 Å². The van der Waals surface area contributed by atoms with Gasteiger partial charge in [0.05, 0.1) is 18.3 Å². The third kappa shape index (κ3) is 3.73. The molecule has 0 aromatic rings. The van der Waals surface area contributed by atoms with E-state index in [-0.39, 0.29) is 18.3 Å². The maximum absolute atomic E-state index is 11.8. The van der Waals surface area contributed by atoms with Crippen molar-refractivity contribution in [2.75, 3.05) is 26.0 Å². The largest absolute Gasteiger partial charge is 0.481 e. The van der Waals surface area contributed by atoms with Gasteiger partial charge in [-0.25, -0.2) is 8.42 Å². The Morgan fingerprint density at radius 3 is 2.81 bits per heavy atom. The van der Waals surface area contributed by atoms with Crippen molar-refractivity contribution in [3.63, 3.8) is 0 Å². The topological polar surface area (TPSA) is 83.9 Å². The molecule has 0 spiro atoms. The first-order valence-corrected chi connectivity index (χ1v) is 6.79. The molecule has 0 aromatic carbocycles. The third-order valence-corrected chi connectivity index (χ3v) is 4.48. The molecule has 6 nitrogen and oxygen atoms in total.